The summed E-state index contributed by atoms with van der Waals surface area (Å²) in [6.45, 7) is 0.438. The normalized spacial score (nSPS) is 10.9. The number of thiazole rings is 1. The number of nitrogens with zero attached hydrogens (tertiary/aromatic N) is 2. The zero-order valence-corrected chi connectivity index (χ0v) is 13.8. The highest BCUT2D eigenvalue weighted by molar-refractivity contribution is 7.18. The molecule has 2 heterocycles. The zero-order valence-electron chi connectivity index (χ0n) is 13.0. The molecule has 4 aromatic rings. The molecule has 24 heavy (non-hydrogen) atoms. The molecule has 0 aliphatic rings. The number of nitrogens with one attached hydrogen (secondary N) is 1. The number of ether oxygens (including phenoxy) is 2. The molecule has 0 unspecified atom stereocenters. The van der Waals surface area contributed by atoms with Crippen LogP contribution in [0, 0.1) is 0 Å². The van der Waals surface area contributed by atoms with E-state index < -0.39 is 0 Å². The molecule has 0 saturated carbocycles. The van der Waals surface area contributed by atoms with Crippen molar-refractivity contribution in [3.05, 3.63) is 59.9 Å². The molecule has 0 radical (unpaired) electrons. The fraction of sp³-hybridized carbons (Fsp3) is 0.111. The molecule has 5 nitrogen and oxygen atoms in total. The van der Waals surface area contributed by atoms with E-state index in [1.54, 1.807) is 18.4 Å². The number of aromatic amines is 1. The van der Waals surface area contributed by atoms with E-state index in [4.69, 9.17) is 9.47 Å². The van der Waals surface area contributed by atoms with E-state index in [-0.39, 0.29) is 0 Å². The fourth-order valence-corrected chi connectivity index (χ4v) is 3.38. The average molecular weight is 337 g/mol. The van der Waals surface area contributed by atoms with Crippen molar-refractivity contribution < 1.29 is 9.47 Å². The molecule has 2 aromatic carbocycles. The number of benzene rings is 2. The summed E-state index contributed by atoms with van der Waals surface area (Å²) in [6.07, 6.45) is 3.70. The van der Waals surface area contributed by atoms with Gasteiger partial charge < -0.3 is 9.47 Å². The van der Waals surface area contributed by atoms with E-state index in [0.29, 0.717) is 6.61 Å². The zero-order chi connectivity index (χ0) is 16.4. The van der Waals surface area contributed by atoms with Crippen LogP contribution in [-0.4, -0.2) is 22.3 Å². The van der Waals surface area contributed by atoms with Gasteiger partial charge in [-0.25, -0.2) is 4.98 Å². The van der Waals surface area contributed by atoms with E-state index in [1.165, 1.54) is 0 Å². The number of aromatic nitrogens is 3. The van der Waals surface area contributed by atoms with Crippen LogP contribution in [0.3, 0.4) is 0 Å². The van der Waals surface area contributed by atoms with Crippen LogP contribution in [0.4, 0.5) is 0 Å². The molecule has 0 bridgehead atoms. The molecule has 0 atom stereocenters. The molecule has 0 aliphatic heterocycles. The molecule has 0 spiro atoms. The maximum absolute atomic E-state index is 5.82. The monoisotopic (exact) mass is 337 g/mol. The maximum Gasteiger partial charge on any atom is 0.140 e. The number of fused-ring (bicyclic) bond motifs is 1. The lowest BCUT2D eigenvalue weighted by molar-refractivity contribution is 0.303. The first-order chi connectivity index (χ1) is 11.8. The Morgan fingerprint density at radius 1 is 1.08 bits per heavy atom. The number of hydrogen-bond acceptors (Lipinski definition) is 5. The number of rotatable bonds is 5. The van der Waals surface area contributed by atoms with Crippen LogP contribution in [0.2, 0.25) is 0 Å². The SMILES string of the molecule is COc1cccc(OCc2nc3ccc(-c4cn[nH]c4)cc3s2)c1. The first kappa shape index (κ1) is 14.7. The number of H-pyrrole nitrogens is 1. The van der Waals surface area contributed by atoms with Crippen molar-refractivity contribution in [2.45, 2.75) is 6.61 Å². The number of methoxy groups -OCH3 is 1. The first-order valence-corrected chi connectivity index (χ1v) is 8.29. The summed E-state index contributed by atoms with van der Waals surface area (Å²) in [5.74, 6) is 1.55. The lowest BCUT2D eigenvalue weighted by Crippen LogP contribution is -1.94. The molecular weight excluding hydrogens is 322 g/mol. The van der Waals surface area contributed by atoms with Gasteiger partial charge in [0.05, 0.1) is 23.5 Å². The number of hydrogen-bond donors (Lipinski definition) is 1. The van der Waals surface area contributed by atoms with Crippen LogP contribution >= 0.6 is 11.3 Å². The van der Waals surface area contributed by atoms with Crippen molar-refractivity contribution in [1.29, 1.82) is 0 Å². The Hall–Kier alpha value is -2.86. The predicted octanol–water partition coefficient (Wildman–Crippen LogP) is 4.27. The molecule has 6 heteroatoms. The van der Waals surface area contributed by atoms with Crippen LogP contribution in [0.5, 0.6) is 11.5 Å². The Balaban J connectivity index is 1.54. The van der Waals surface area contributed by atoms with Crippen molar-refractivity contribution in [3.63, 3.8) is 0 Å². The average Bonchev–Trinajstić information content (AvgIpc) is 3.28. The van der Waals surface area contributed by atoms with E-state index in [2.05, 4.69) is 27.3 Å². The van der Waals surface area contributed by atoms with Gasteiger partial charge in [-0.05, 0) is 29.8 Å². The van der Waals surface area contributed by atoms with Crippen molar-refractivity contribution in [2.24, 2.45) is 0 Å². The molecule has 0 saturated heterocycles. The van der Waals surface area contributed by atoms with Gasteiger partial charge in [-0.1, -0.05) is 12.1 Å². The third kappa shape index (κ3) is 2.96. The summed E-state index contributed by atoms with van der Waals surface area (Å²) < 4.78 is 12.2. The summed E-state index contributed by atoms with van der Waals surface area (Å²) in [5.41, 5.74) is 3.18. The second-order valence-corrected chi connectivity index (χ2v) is 6.36. The topological polar surface area (TPSA) is 60.0 Å². The van der Waals surface area contributed by atoms with Gasteiger partial charge in [0.25, 0.3) is 0 Å². The van der Waals surface area contributed by atoms with Crippen molar-refractivity contribution in [2.75, 3.05) is 7.11 Å². The van der Waals surface area contributed by atoms with Crippen LogP contribution in [0.1, 0.15) is 5.01 Å². The second-order valence-electron chi connectivity index (χ2n) is 5.24. The summed E-state index contributed by atoms with van der Waals surface area (Å²) >= 11 is 1.64. The van der Waals surface area contributed by atoms with Crippen molar-refractivity contribution in [1.82, 2.24) is 15.2 Å². The van der Waals surface area contributed by atoms with Gasteiger partial charge in [0, 0.05) is 17.8 Å². The summed E-state index contributed by atoms with van der Waals surface area (Å²) in [4.78, 5) is 4.63. The van der Waals surface area contributed by atoms with Crippen LogP contribution in [-0.2, 0) is 6.61 Å². The Bertz CT molecular complexity index is 963. The minimum absolute atomic E-state index is 0.438. The minimum atomic E-state index is 0.438. The lowest BCUT2D eigenvalue weighted by atomic mass is 10.1. The van der Waals surface area contributed by atoms with Crippen molar-refractivity contribution in [3.8, 4) is 22.6 Å². The van der Waals surface area contributed by atoms with Crippen LogP contribution < -0.4 is 9.47 Å². The Kier molecular flexibility index (Phi) is 3.88. The standard InChI is InChI=1S/C18H15N3O2S/c1-22-14-3-2-4-15(8-14)23-11-18-21-16-6-5-12(7-17(16)24-18)13-9-19-20-10-13/h2-10H,11H2,1H3,(H,19,20). The highest BCUT2D eigenvalue weighted by Crippen LogP contribution is 2.28. The molecule has 0 aliphatic carbocycles. The molecule has 4 rings (SSSR count). The molecule has 0 amide bonds. The van der Waals surface area contributed by atoms with Gasteiger partial charge >= 0.3 is 0 Å². The lowest BCUT2D eigenvalue weighted by Gasteiger charge is -2.05. The van der Waals surface area contributed by atoms with Crippen molar-refractivity contribution >= 4 is 21.6 Å². The molecule has 1 N–H and O–H groups in total. The van der Waals surface area contributed by atoms with Gasteiger partial charge in [-0.15, -0.1) is 11.3 Å². The summed E-state index contributed by atoms with van der Waals surface area (Å²) in [6, 6.07) is 13.8. The van der Waals surface area contributed by atoms with E-state index in [9.17, 15) is 0 Å². The minimum Gasteiger partial charge on any atom is -0.497 e. The Labute approximate surface area is 142 Å². The van der Waals surface area contributed by atoms with E-state index in [1.807, 2.05) is 42.7 Å². The largest absolute Gasteiger partial charge is 0.497 e. The quantitative estimate of drug-likeness (QED) is 0.591. The summed E-state index contributed by atoms with van der Waals surface area (Å²) in [5, 5.41) is 7.77. The second kappa shape index (κ2) is 6.33. The van der Waals surface area contributed by atoms with Gasteiger partial charge in [0.2, 0.25) is 0 Å². The molecule has 0 fully saturated rings. The molecule has 120 valence electrons. The third-order valence-corrected chi connectivity index (χ3v) is 4.66. The Morgan fingerprint density at radius 2 is 2.00 bits per heavy atom. The molecule has 2 aromatic heterocycles. The van der Waals surface area contributed by atoms with Crippen LogP contribution in [0.25, 0.3) is 21.3 Å². The predicted molar refractivity (Wildman–Crippen MR) is 94.5 cm³/mol. The Morgan fingerprint density at radius 3 is 2.83 bits per heavy atom. The van der Waals surface area contributed by atoms with E-state index >= 15 is 0 Å². The molecular formula is C18H15N3O2S. The van der Waals surface area contributed by atoms with Gasteiger partial charge in [-0.3, -0.25) is 5.10 Å². The highest BCUT2D eigenvalue weighted by atomic mass is 32.1. The smallest absolute Gasteiger partial charge is 0.140 e. The summed E-state index contributed by atoms with van der Waals surface area (Å²) in [7, 11) is 1.64. The first-order valence-electron chi connectivity index (χ1n) is 7.47. The fourth-order valence-electron chi connectivity index (χ4n) is 2.46. The van der Waals surface area contributed by atoms with Gasteiger partial charge in [-0.2, -0.15) is 5.10 Å². The van der Waals surface area contributed by atoms with Gasteiger partial charge in [0.1, 0.15) is 23.1 Å². The third-order valence-electron chi connectivity index (χ3n) is 3.67. The maximum atomic E-state index is 5.82. The highest BCUT2D eigenvalue weighted by Gasteiger charge is 2.07. The van der Waals surface area contributed by atoms with E-state index in [0.717, 1.165) is 37.9 Å². The van der Waals surface area contributed by atoms with Gasteiger partial charge in [0.15, 0.2) is 0 Å². The van der Waals surface area contributed by atoms with Crippen LogP contribution in [0.15, 0.2) is 54.9 Å².